The van der Waals surface area contributed by atoms with Crippen molar-refractivity contribution >= 4 is 5.96 Å². The van der Waals surface area contributed by atoms with Gasteiger partial charge in [-0.15, -0.1) is 0 Å². The Labute approximate surface area is 134 Å². The smallest absolute Gasteiger partial charge is 0.191 e. The van der Waals surface area contributed by atoms with E-state index < -0.39 is 0 Å². The molecular weight excluding hydrogens is 298 g/mol. The molecule has 122 valence electrons. The first kappa shape index (κ1) is 16.9. The summed E-state index contributed by atoms with van der Waals surface area (Å²) in [5.41, 5.74) is 1.21. The summed E-state index contributed by atoms with van der Waals surface area (Å²) in [6.45, 7) is 3.39. The molecule has 6 heteroatoms. The van der Waals surface area contributed by atoms with Crippen molar-refractivity contribution < 1.29 is 8.78 Å². The lowest BCUT2D eigenvalue weighted by Gasteiger charge is -2.11. The van der Waals surface area contributed by atoms with Crippen LogP contribution in [0.1, 0.15) is 18.2 Å². The van der Waals surface area contributed by atoms with E-state index in [0.29, 0.717) is 31.2 Å². The summed E-state index contributed by atoms with van der Waals surface area (Å²) in [7, 11) is 0. The molecule has 4 nitrogen and oxygen atoms in total. The van der Waals surface area contributed by atoms with E-state index in [0.717, 1.165) is 5.56 Å². The van der Waals surface area contributed by atoms with E-state index in [1.807, 2.05) is 13.0 Å². The molecule has 0 fully saturated rings. The largest absolute Gasteiger partial charge is 0.357 e. The number of benzene rings is 1. The third kappa shape index (κ3) is 5.65. The van der Waals surface area contributed by atoms with E-state index in [1.54, 1.807) is 12.1 Å². The second-order valence-corrected chi connectivity index (χ2v) is 4.93. The second-order valence-electron chi connectivity index (χ2n) is 4.93. The van der Waals surface area contributed by atoms with Gasteiger partial charge in [-0.05, 0) is 43.2 Å². The number of guanidine groups is 1. The second kappa shape index (κ2) is 8.82. The molecule has 0 bridgehead atoms. The molecule has 0 spiro atoms. The van der Waals surface area contributed by atoms with Crippen molar-refractivity contribution in [2.24, 2.45) is 4.99 Å². The van der Waals surface area contributed by atoms with Gasteiger partial charge in [0.25, 0.3) is 0 Å². The highest BCUT2D eigenvalue weighted by atomic mass is 19.1. The number of pyridine rings is 1. The van der Waals surface area contributed by atoms with Gasteiger partial charge in [0.05, 0.1) is 12.2 Å². The molecule has 0 saturated heterocycles. The average molecular weight is 318 g/mol. The lowest BCUT2D eigenvalue weighted by molar-refractivity contribution is 0.599. The number of hydrogen-bond acceptors (Lipinski definition) is 2. The zero-order valence-corrected chi connectivity index (χ0v) is 13.0. The molecule has 1 aromatic carbocycles. The SMILES string of the molecule is CCNC(=NCc1ncccc1F)NCCc1cccc(F)c1. The number of halogens is 2. The average Bonchev–Trinajstić information content (AvgIpc) is 2.54. The van der Waals surface area contributed by atoms with Gasteiger partial charge in [0.15, 0.2) is 5.96 Å². The molecule has 0 aliphatic carbocycles. The van der Waals surface area contributed by atoms with Crippen LogP contribution in [0.5, 0.6) is 0 Å². The molecule has 1 aromatic heterocycles. The summed E-state index contributed by atoms with van der Waals surface area (Å²) in [5, 5.41) is 6.23. The highest BCUT2D eigenvalue weighted by Gasteiger charge is 2.03. The van der Waals surface area contributed by atoms with Gasteiger partial charge in [-0.2, -0.15) is 0 Å². The van der Waals surface area contributed by atoms with Crippen molar-refractivity contribution in [1.82, 2.24) is 15.6 Å². The third-order valence-electron chi connectivity index (χ3n) is 3.16. The number of hydrogen-bond donors (Lipinski definition) is 2. The minimum Gasteiger partial charge on any atom is -0.357 e. The van der Waals surface area contributed by atoms with Gasteiger partial charge >= 0.3 is 0 Å². The Bertz CT molecular complexity index is 659. The highest BCUT2D eigenvalue weighted by Crippen LogP contribution is 2.04. The minimum absolute atomic E-state index is 0.155. The van der Waals surface area contributed by atoms with Crippen LogP contribution in [0.2, 0.25) is 0 Å². The first-order chi connectivity index (χ1) is 11.2. The van der Waals surface area contributed by atoms with E-state index in [9.17, 15) is 8.78 Å². The molecule has 2 rings (SSSR count). The van der Waals surface area contributed by atoms with Gasteiger partial charge in [-0.25, -0.2) is 13.8 Å². The number of rotatable bonds is 6. The van der Waals surface area contributed by atoms with Gasteiger partial charge in [0.1, 0.15) is 11.6 Å². The highest BCUT2D eigenvalue weighted by molar-refractivity contribution is 5.79. The van der Waals surface area contributed by atoms with E-state index in [1.165, 1.54) is 24.4 Å². The summed E-state index contributed by atoms with van der Waals surface area (Å²) in [6.07, 6.45) is 2.21. The maximum absolute atomic E-state index is 13.5. The number of nitrogens with one attached hydrogen (secondary N) is 2. The van der Waals surface area contributed by atoms with E-state index in [-0.39, 0.29) is 18.2 Å². The molecule has 0 amide bonds. The van der Waals surface area contributed by atoms with Crippen molar-refractivity contribution in [3.05, 3.63) is 65.5 Å². The first-order valence-electron chi connectivity index (χ1n) is 7.55. The molecule has 23 heavy (non-hydrogen) atoms. The van der Waals surface area contributed by atoms with Crippen molar-refractivity contribution in [2.45, 2.75) is 19.9 Å². The summed E-state index contributed by atoms with van der Waals surface area (Å²) >= 11 is 0. The van der Waals surface area contributed by atoms with Crippen LogP contribution in [0.4, 0.5) is 8.78 Å². The van der Waals surface area contributed by atoms with Gasteiger partial charge in [0.2, 0.25) is 0 Å². The fourth-order valence-electron chi connectivity index (χ4n) is 2.05. The van der Waals surface area contributed by atoms with Crippen molar-refractivity contribution in [1.29, 1.82) is 0 Å². The van der Waals surface area contributed by atoms with E-state index >= 15 is 0 Å². The summed E-state index contributed by atoms with van der Waals surface area (Å²) < 4.78 is 26.7. The zero-order valence-electron chi connectivity index (χ0n) is 13.0. The summed E-state index contributed by atoms with van der Waals surface area (Å²) in [6, 6.07) is 9.40. The predicted octanol–water partition coefficient (Wildman–Crippen LogP) is 2.66. The van der Waals surface area contributed by atoms with Gasteiger partial charge in [-0.3, -0.25) is 4.98 Å². The molecule has 0 saturated carbocycles. The third-order valence-corrected chi connectivity index (χ3v) is 3.16. The van der Waals surface area contributed by atoms with Gasteiger partial charge in [-0.1, -0.05) is 12.1 Å². The van der Waals surface area contributed by atoms with Crippen LogP contribution in [-0.4, -0.2) is 24.0 Å². The Balaban J connectivity index is 1.90. The Hall–Kier alpha value is -2.50. The molecule has 0 aliphatic rings. The van der Waals surface area contributed by atoms with Crippen LogP contribution in [-0.2, 0) is 13.0 Å². The van der Waals surface area contributed by atoms with Crippen LogP contribution in [0.15, 0.2) is 47.6 Å². The Morgan fingerprint density at radius 2 is 2.04 bits per heavy atom. The number of nitrogens with zero attached hydrogens (tertiary/aromatic N) is 2. The normalized spacial score (nSPS) is 11.3. The lowest BCUT2D eigenvalue weighted by atomic mass is 10.1. The molecule has 0 unspecified atom stereocenters. The number of aromatic nitrogens is 1. The fraction of sp³-hybridized carbons (Fsp3) is 0.294. The van der Waals surface area contributed by atoms with E-state index in [4.69, 9.17) is 0 Å². The minimum atomic E-state index is -0.369. The Morgan fingerprint density at radius 3 is 2.78 bits per heavy atom. The predicted molar refractivity (Wildman–Crippen MR) is 87.1 cm³/mol. The summed E-state index contributed by atoms with van der Waals surface area (Å²) in [5.74, 6) is -0.0329. The van der Waals surface area contributed by atoms with Gasteiger partial charge < -0.3 is 10.6 Å². The van der Waals surface area contributed by atoms with Crippen LogP contribution in [0.3, 0.4) is 0 Å². The monoisotopic (exact) mass is 318 g/mol. The molecule has 0 radical (unpaired) electrons. The lowest BCUT2D eigenvalue weighted by Crippen LogP contribution is -2.38. The fourth-order valence-corrected chi connectivity index (χ4v) is 2.05. The molecule has 0 atom stereocenters. The first-order valence-corrected chi connectivity index (χ1v) is 7.55. The molecular formula is C17H20F2N4. The summed E-state index contributed by atoms with van der Waals surface area (Å²) in [4.78, 5) is 8.28. The Morgan fingerprint density at radius 1 is 1.17 bits per heavy atom. The van der Waals surface area contributed by atoms with Crippen LogP contribution >= 0.6 is 0 Å². The zero-order chi connectivity index (χ0) is 16.5. The standard InChI is InChI=1S/C17H20F2N4/c1-2-20-17(23-12-16-15(19)7-4-9-21-16)22-10-8-13-5-3-6-14(18)11-13/h3-7,9,11H,2,8,10,12H2,1H3,(H2,20,22,23). The van der Waals surface area contributed by atoms with Gasteiger partial charge in [0, 0.05) is 19.3 Å². The van der Waals surface area contributed by atoms with Crippen LogP contribution < -0.4 is 10.6 Å². The number of aliphatic imine (C=N–C) groups is 1. The van der Waals surface area contributed by atoms with Crippen molar-refractivity contribution in [2.75, 3.05) is 13.1 Å². The van der Waals surface area contributed by atoms with E-state index in [2.05, 4.69) is 20.6 Å². The Kier molecular flexibility index (Phi) is 6.47. The van der Waals surface area contributed by atoms with Crippen LogP contribution in [0.25, 0.3) is 0 Å². The molecule has 2 aromatic rings. The maximum atomic E-state index is 13.5. The molecule has 0 aliphatic heterocycles. The molecule has 1 heterocycles. The molecule has 2 N–H and O–H groups in total. The van der Waals surface area contributed by atoms with Crippen molar-refractivity contribution in [3.8, 4) is 0 Å². The van der Waals surface area contributed by atoms with Crippen molar-refractivity contribution in [3.63, 3.8) is 0 Å². The quantitative estimate of drug-likeness (QED) is 0.636. The van der Waals surface area contributed by atoms with Crippen LogP contribution in [0, 0.1) is 11.6 Å². The topological polar surface area (TPSA) is 49.3 Å². The maximum Gasteiger partial charge on any atom is 0.191 e.